The second-order valence-corrected chi connectivity index (χ2v) is 16.1. The van der Waals surface area contributed by atoms with Crippen LogP contribution in [0.5, 0.6) is 0 Å². The molecule has 48 heavy (non-hydrogen) atoms. The summed E-state index contributed by atoms with van der Waals surface area (Å²) in [7, 11) is -2.79. The Labute approximate surface area is 307 Å². The molecule has 0 aliphatic heterocycles. The van der Waals surface area contributed by atoms with Gasteiger partial charge in [-0.25, -0.2) is 0 Å². The molecule has 250 valence electrons. The van der Waals surface area contributed by atoms with Crippen LogP contribution in [-0.4, -0.2) is 12.5 Å². The van der Waals surface area contributed by atoms with Gasteiger partial charge in [0.05, 0.1) is 0 Å². The van der Waals surface area contributed by atoms with E-state index in [9.17, 15) is 0 Å². The first-order valence-corrected chi connectivity index (χ1v) is 19.5. The maximum absolute atomic E-state index is 15.6. The minimum Gasteiger partial charge on any atom is -1.00 e. The monoisotopic (exact) mass is 767 g/mol. The van der Waals surface area contributed by atoms with Gasteiger partial charge < -0.3 is 29.3 Å². The van der Waals surface area contributed by atoms with E-state index in [2.05, 4.69) is 164 Å². The first-order valence-electron chi connectivity index (χ1n) is 17.7. The molecule has 0 atom stereocenters. The van der Waals surface area contributed by atoms with Gasteiger partial charge in [0.25, 0.3) is 5.91 Å². The summed E-state index contributed by atoms with van der Waals surface area (Å²) in [6.07, 6.45) is 12.7. The summed E-state index contributed by atoms with van der Waals surface area (Å²) >= 11 is 0. The van der Waals surface area contributed by atoms with Gasteiger partial charge in [-0.15, -0.1) is 0 Å². The number of amides is 1. The fourth-order valence-electron chi connectivity index (χ4n) is 7.25. The molecule has 5 aromatic rings. The highest BCUT2D eigenvalue weighted by atomic mass is 127. The maximum Gasteiger partial charge on any atom is 0.274 e. The Bertz CT molecular complexity index is 1460. The fourth-order valence-corrected chi connectivity index (χ4v) is 12.6. The molecule has 0 bridgehead atoms. The SMILES string of the molecule is CCCCCCCCCCCCNC(=O)C(c1ccccc1)(c1ccccc1)[P+](c1ccccc1)(c1ccccc1)c1ccccc1.[I-]. The molecule has 4 heteroatoms. The lowest BCUT2D eigenvalue weighted by Gasteiger charge is -2.44. The molecule has 2 nitrogen and oxygen atoms in total. The number of hydrogen-bond donors (Lipinski definition) is 1. The summed E-state index contributed by atoms with van der Waals surface area (Å²) in [5.41, 5.74) is 2.02. The number of rotatable bonds is 18. The standard InChI is InChI=1S/C44H50NOP.HI/c1-2-3-4-5-6-7-8-9-10-26-37-45-43(46)44(38-27-16-11-17-28-38,39-29-18-12-19-30-39)47(40-31-20-13-21-32-40,41-33-22-14-23-34-41)42-35-24-15-25-36-42;/h11-25,27-36H,2-10,26,37H2,1H3;1H. The second-order valence-electron chi connectivity index (χ2n) is 12.6. The third-order valence-corrected chi connectivity index (χ3v) is 14.4. The van der Waals surface area contributed by atoms with Gasteiger partial charge in [0.15, 0.2) is 0 Å². The van der Waals surface area contributed by atoms with Crippen LogP contribution in [0.15, 0.2) is 152 Å². The normalized spacial score (nSPS) is 11.4. The fraction of sp³-hybridized carbons (Fsp3) is 0.295. The van der Waals surface area contributed by atoms with Gasteiger partial charge in [-0.1, -0.05) is 180 Å². The number of hydrogen-bond acceptors (Lipinski definition) is 1. The predicted octanol–water partition coefficient (Wildman–Crippen LogP) is 6.97. The quantitative estimate of drug-likeness (QED) is 0.0584. The average molecular weight is 768 g/mol. The van der Waals surface area contributed by atoms with Crippen LogP contribution in [0.1, 0.15) is 82.3 Å². The highest BCUT2D eigenvalue weighted by molar-refractivity contribution is 7.97. The van der Waals surface area contributed by atoms with E-state index in [1.54, 1.807) is 0 Å². The van der Waals surface area contributed by atoms with Crippen molar-refractivity contribution >= 4 is 29.1 Å². The van der Waals surface area contributed by atoms with Crippen LogP contribution in [0.25, 0.3) is 0 Å². The number of benzene rings is 5. The molecule has 0 fully saturated rings. The summed E-state index contributed by atoms with van der Waals surface area (Å²) in [4.78, 5) is 15.6. The van der Waals surface area contributed by atoms with Gasteiger partial charge in [-0.3, -0.25) is 4.79 Å². The Morgan fingerprint density at radius 3 is 1.15 bits per heavy atom. The van der Waals surface area contributed by atoms with Crippen molar-refractivity contribution in [1.29, 1.82) is 0 Å². The lowest BCUT2D eigenvalue weighted by atomic mass is 9.89. The molecule has 0 aliphatic rings. The van der Waals surface area contributed by atoms with Crippen molar-refractivity contribution in [2.75, 3.05) is 6.54 Å². The molecule has 5 aromatic carbocycles. The minimum absolute atomic E-state index is 0. The molecule has 0 heterocycles. The van der Waals surface area contributed by atoms with Gasteiger partial charge in [0, 0.05) is 17.7 Å². The lowest BCUT2D eigenvalue weighted by molar-refractivity contribution is -0.122. The van der Waals surface area contributed by atoms with Crippen LogP contribution < -0.4 is 45.2 Å². The van der Waals surface area contributed by atoms with E-state index in [1.165, 1.54) is 67.3 Å². The molecule has 0 saturated heterocycles. The smallest absolute Gasteiger partial charge is 0.274 e. The van der Waals surface area contributed by atoms with E-state index in [0.717, 1.165) is 24.0 Å². The number of halogens is 1. The van der Waals surface area contributed by atoms with Crippen molar-refractivity contribution in [3.63, 3.8) is 0 Å². The molecule has 0 radical (unpaired) electrons. The Kier molecular flexibility index (Phi) is 15.4. The molecule has 1 amide bonds. The largest absolute Gasteiger partial charge is 1.00 e. The van der Waals surface area contributed by atoms with Crippen LogP contribution in [-0.2, 0) is 9.95 Å². The van der Waals surface area contributed by atoms with E-state index in [4.69, 9.17) is 0 Å². The second kappa shape index (κ2) is 19.7. The third kappa shape index (κ3) is 8.29. The van der Waals surface area contributed by atoms with Gasteiger partial charge in [-0.2, -0.15) is 0 Å². The molecule has 0 aromatic heterocycles. The number of carbonyl (C=O) groups is 1. The Balaban J connectivity index is 0.00000520. The molecular weight excluding hydrogens is 716 g/mol. The van der Waals surface area contributed by atoms with Crippen molar-refractivity contribution in [3.05, 3.63) is 163 Å². The summed E-state index contributed by atoms with van der Waals surface area (Å²) in [6.45, 7) is 2.93. The van der Waals surface area contributed by atoms with E-state index >= 15 is 4.79 Å². The van der Waals surface area contributed by atoms with E-state index in [0.29, 0.717) is 6.54 Å². The van der Waals surface area contributed by atoms with Crippen molar-refractivity contribution in [2.45, 2.75) is 76.3 Å². The Hall–Kier alpha value is -3.27. The number of nitrogens with one attached hydrogen (secondary N) is 1. The summed E-state index contributed by atoms with van der Waals surface area (Å²) in [5.74, 6) is 0.0655. The molecule has 1 N–H and O–H groups in total. The van der Waals surface area contributed by atoms with Crippen LogP contribution in [0.2, 0.25) is 0 Å². The maximum atomic E-state index is 15.6. The van der Waals surface area contributed by atoms with Crippen molar-refractivity contribution in [1.82, 2.24) is 5.32 Å². The zero-order valence-electron chi connectivity index (χ0n) is 28.4. The topological polar surface area (TPSA) is 29.1 Å². The molecule has 0 unspecified atom stereocenters. The average Bonchev–Trinajstić information content (AvgIpc) is 3.14. The van der Waals surface area contributed by atoms with Crippen LogP contribution in [0.3, 0.4) is 0 Å². The minimum atomic E-state index is -2.79. The zero-order valence-corrected chi connectivity index (χ0v) is 31.5. The lowest BCUT2D eigenvalue weighted by Crippen LogP contribution is -3.00. The van der Waals surface area contributed by atoms with Crippen molar-refractivity contribution in [3.8, 4) is 0 Å². The number of carbonyl (C=O) groups excluding carboxylic acids is 1. The van der Waals surface area contributed by atoms with Gasteiger partial charge in [0.1, 0.15) is 23.2 Å². The van der Waals surface area contributed by atoms with Crippen LogP contribution >= 0.6 is 7.26 Å². The van der Waals surface area contributed by atoms with Crippen LogP contribution in [0.4, 0.5) is 0 Å². The van der Waals surface area contributed by atoms with Gasteiger partial charge >= 0.3 is 0 Å². The first-order chi connectivity index (χ1) is 23.3. The Morgan fingerprint density at radius 2 is 0.792 bits per heavy atom. The molecule has 0 aliphatic carbocycles. The zero-order chi connectivity index (χ0) is 32.6. The van der Waals surface area contributed by atoms with Crippen LogP contribution in [0, 0.1) is 0 Å². The molecule has 5 rings (SSSR count). The van der Waals surface area contributed by atoms with Gasteiger partial charge in [0.2, 0.25) is 5.16 Å². The third-order valence-electron chi connectivity index (χ3n) is 9.46. The Morgan fingerprint density at radius 1 is 0.479 bits per heavy atom. The van der Waals surface area contributed by atoms with Crippen molar-refractivity contribution in [2.24, 2.45) is 0 Å². The van der Waals surface area contributed by atoms with Crippen molar-refractivity contribution < 1.29 is 28.8 Å². The first kappa shape index (κ1) is 37.5. The highest BCUT2D eigenvalue weighted by Crippen LogP contribution is 2.72. The predicted molar refractivity (Wildman–Crippen MR) is 204 cm³/mol. The van der Waals surface area contributed by atoms with E-state index < -0.39 is 12.4 Å². The highest BCUT2D eigenvalue weighted by Gasteiger charge is 2.68. The van der Waals surface area contributed by atoms with Gasteiger partial charge in [-0.05, 0) is 42.8 Å². The molecule has 0 saturated carbocycles. The number of unbranched alkanes of at least 4 members (excludes halogenated alkanes) is 9. The van der Waals surface area contributed by atoms with E-state index in [1.807, 2.05) is 0 Å². The molecule has 0 spiro atoms. The summed E-state index contributed by atoms with van der Waals surface area (Å²) in [5, 5.41) is 6.06. The van der Waals surface area contributed by atoms with E-state index in [-0.39, 0.29) is 29.9 Å². The summed E-state index contributed by atoms with van der Waals surface area (Å²) < 4.78 is 0. The summed E-state index contributed by atoms with van der Waals surface area (Å²) in [6, 6.07) is 53.5. The molecular formula is C44H51INOP.